The van der Waals surface area contributed by atoms with Crippen LogP contribution in [0.4, 0.5) is 0 Å². The summed E-state index contributed by atoms with van der Waals surface area (Å²) in [6.45, 7) is 2.97. The molecule has 0 bridgehead atoms. The van der Waals surface area contributed by atoms with Gasteiger partial charge in [0.05, 0.1) is 0 Å². The Bertz CT molecular complexity index is 351. The van der Waals surface area contributed by atoms with E-state index in [1.54, 1.807) is 6.07 Å². The van der Waals surface area contributed by atoms with Crippen molar-refractivity contribution >= 4 is 0 Å². The van der Waals surface area contributed by atoms with Crippen molar-refractivity contribution in [3.05, 3.63) is 23.8 Å². The highest BCUT2D eigenvalue weighted by atomic mass is 16.3. The van der Waals surface area contributed by atoms with Gasteiger partial charge in [0.1, 0.15) is 0 Å². The van der Waals surface area contributed by atoms with Gasteiger partial charge in [-0.15, -0.1) is 0 Å². The Hall–Kier alpha value is -1.22. The van der Waals surface area contributed by atoms with E-state index in [2.05, 4.69) is 12.2 Å². The molecular formula is C12H17NO2. The van der Waals surface area contributed by atoms with Crippen LogP contribution in [0.15, 0.2) is 18.2 Å². The molecule has 0 saturated heterocycles. The fraction of sp³-hybridized carbons (Fsp3) is 0.500. The molecule has 0 heterocycles. The van der Waals surface area contributed by atoms with E-state index in [0.717, 1.165) is 18.0 Å². The molecule has 0 radical (unpaired) electrons. The van der Waals surface area contributed by atoms with Gasteiger partial charge in [0, 0.05) is 12.6 Å². The van der Waals surface area contributed by atoms with Crippen LogP contribution in [0.5, 0.6) is 11.5 Å². The average Bonchev–Trinajstić information content (AvgIpc) is 2.98. The average molecular weight is 207 g/mol. The molecule has 2 rings (SSSR count). The third-order valence-electron chi connectivity index (χ3n) is 3.06. The predicted molar refractivity (Wildman–Crippen MR) is 58.8 cm³/mol. The number of phenolic OH excluding ortho intramolecular Hbond substituents is 2. The zero-order valence-corrected chi connectivity index (χ0v) is 8.90. The van der Waals surface area contributed by atoms with Gasteiger partial charge in [0.15, 0.2) is 11.5 Å². The smallest absolute Gasteiger partial charge is 0.157 e. The first-order valence-corrected chi connectivity index (χ1v) is 5.45. The number of aromatic hydroxyl groups is 2. The molecule has 0 aliphatic heterocycles. The molecular weight excluding hydrogens is 190 g/mol. The number of phenols is 2. The maximum absolute atomic E-state index is 9.30. The minimum Gasteiger partial charge on any atom is -0.504 e. The van der Waals surface area contributed by atoms with Gasteiger partial charge in [-0.25, -0.2) is 0 Å². The lowest BCUT2D eigenvalue weighted by atomic mass is 10.2. The van der Waals surface area contributed by atoms with Crippen LogP contribution in [0, 0.1) is 5.92 Å². The van der Waals surface area contributed by atoms with Gasteiger partial charge in [0.2, 0.25) is 0 Å². The van der Waals surface area contributed by atoms with Crippen molar-refractivity contribution < 1.29 is 10.2 Å². The first kappa shape index (κ1) is 10.3. The fourth-order valence-corrected chi connectivity index (χ4v) is 1.88. The molecule has 3 heteroatoms. The minimum absolute atomic E-state index is 0.0443. The Morgan fingerprint density at radius 3 is 2.73 bits per heavy atom. The Labute approximate surface area is 89.8 Å². The van der Waals surface area contributed by atoms with Gasteiger partial charge in [-0.1, -0.05) is 19.4 Å². The normalized spacial score (nSPS) is 24.1. The van der Waals surface area contributed by atoms with Crippen molar-refractivity contribution in [2.75, 3.05) is 0 Å². The maximum atomic E-state index is 9.30. The minimum atomic E-state index is -0.0587. The van der Waals surface area contributed by atoms with E-state index in [0.29, 0.717) is 6.04 Å². The Balaban J connectivity index is 1.86. The predicted octanol–water partition coefficient (Wildman–Crippen LogP) is 1.99. The van der Waals surface area contributed by atoms with Crippen LogP contribution in [-0.2, 0) is 6.54 Å². The molecule has 0 spiro atoms. The second-order valence-electron chi connectivity index (χ2n) is 4.21. The zero-order valence-electron chi connectivity index (χ0n) is 8.90. The quantitative estimate of drug-likeness (QED) is 0.662. The summed E-state index contributed by atoms with van der Waals surface area (Å²) < 4.78 is 0. The van der Waals surface area contributed by atoms with E-state index in [1.165, 1.54) is 18.9 Å². The summed E-state index contributed by atoms with van der Waals surface area (Å²) in [6.07, 6.45) is 2.50. The monoisotopic (exact) mass is 207 g/mol. The lowest BCUT2D eigenvalue weighted by Gasteiger charge is -2.05. The molecule has 0 aromatic heterocycles. The van der Waals surface area contributed by atoms with Crippen LogP contribution >= 0.6 is 0 Å². The molecule has 1 aromatic carbocycles. The van der Waals surface area contributed by atoms with Gasteiger partial charge < -0.3 is 15.5 Å². The van der Waals surface area contributed by atoms with E-state index in [1.807, 2.05) is 6.07 Å². The number of hydrogen-bond donors (Lipinski definition) is 3. The van der Waals surface area contributed by atoms with Gasteiger partial charge in [0.25, 0.3) is 0 Å². The number of rotatable bonds is 4. The molecule has 1 aromatic rings. The topological polar surface area (TPSA) is 52.5 Å². The highest BCUT2D eigenvalue weighted by molar-refractivity contribution is 5.40. The maximum Gasteiger partial charge on any atom is 0.157 e. The number of hydrogen-bond acceptors (Lipinski definition) is 3. The lowest BCUT2D eigenvalue weighted by molar-refractivity contribution is 0.403. The second kappa shape index (κ2) is 4.11. The Kier molecular flexibility index (Phi) is 2.82. The zero-order chi connectivity index (χ0) is 10.8. The van der Waals surface area contributed by atoms with Gasteiger partial charge in [-0.3, -0.25) is 0 Å². The number of nitrogens with one attached hydrogen (secondary N) is 1. The highest BCUT2D eigenvalue weighted by Gasteiger charge is 2.34. The van der Waals surface area contributed by atoms with Crippen LogP contribution in [-0.4, -0.2) is 16.3 Å². The van der Waals surface area contributed by atoms with E-state index in [4.69, 9.17) is 5.11 Å². The van der Waals surface area contributed by atoms with Gasteiger partial charge >= 0.3 is 0 Å². The van der Waals surface area contributed by atoms with Crippen molar-refractivity contribution in [2.45, 2.75) is 32.4 Å². The van der Waals surface area contributed by atoms with E-state index >= 15 is 0 Å². The molecule has 3 N–H and O–H groups in total. The first-order chi connectivity index (χ1) is 7.20. The molecule has 1 saturated carbocycles. The summed E-state index contributed by atoms with van der Waals surface area (Å²) in [7, 11) is 0. The molecule has 1 fully saturated rings. The Morgan fingerprint density at radius 2 is 2.13 bits per heavy atom. The Morgan fingerprint density at radius 1 is 1.33 bits per heavy atom. The first-order valence-electron chi connectivity index (χ1n) is 5.45. The van der Waals surface area contributed by atoms with Crippen molar-refractivity contribution in [1.29, 1.82) is 0 Å². The van der Waals surface area contributed by atoms with Crippen molar-refractivity contribution in [3.8, 4) is 11.5 Å². The van der Waals surface area contributed by atoms with Crippen LogP contribution in [0.1, 0.15) is 25.3 Å². The van der Waals surface area contributed by atoms with E-state index in [9.17, 15) is 5.11 Å². The van der Waals surface area contributed by atoms with Crippen LogP contribution in [0.2, 0.25) is 0 Å². The van der Waals surface area contributed by atoms with Crippen LogP contribution in [0.25, 0.3) is 0 Å². The summed E-state index contributed by atoms with van der Waals surface area (Å²) >= 11 is 0. The molecule has 15 heavy (non-hydrogen) atoms. The fourth-order valence-electron chi connectivity index (χ4n) is 1.88. The highest BCUT2D eigenvalue weighted by Crippen LogP contribution is 2.33. The van der Waals surface area contributed by atoms with Crippen LogP contribution < -0.4 is 5.32 Å². The van der Waals surface area contributed by atoms with Gasteiger partial charge in [-0.05, 0) is 30.0 Å². The molecule has 3 nitrogen and oxygen atoms in total. The van der Waals surface area contributed by atoms with E-state index in [-0.39, 0.29) is 11.5 Å². The van der Waals surface area contributed by atoms with E-state index < -0.39 is 0 Å². The van der Waals surface area contributed by atoms with Crippen molar-refractivity contribution in [1.82, 2.24) is 5.32 Å². The molecule has 2 unspecified atom stereocenters. The van der Waals surface area contributed by atoms with Crippen LogP contribution in [0.3, 0.4) is 0 Å². The van der Waals surface area contributed by atoms with Gasteiger partial charge in [-0.2, -0.15) is 0 Å². The lowest BCUT2D eigenvalue weighted by Crippen LogP contribution is -2.17. The third-order valence-corrected chi connectivity index (χ3v) is 3.06. The third kappa shape index (κ3) is 2.42. The number of benzene rings is 1. The standard InChI is InChI=1S/C12H17NO2/c1-2-9-6-10(9)13-7-8-3-4-11(14)12(15)5-8/h3-5,9-10,13-15H,2,6-7H2,1H3. The summed E-state index contributed by atoms with van der Waals surface area (Å²) in [4.78, 5) is 0. The van der Waals surface area contributed by atoms with Crippen molar-refractivity contribution in [3.63, 3.8) is 0 Å². The molecule has 82 valence electrons. The SMILES string of the molecule is CCC1CC1NCc1ccc(O)c(O)c1. The molecule has 0 amide bonds. The molecule has 1 aliphatic carbocycles. The second-order valence-corrected chi connectivity index (χ2v) is 4.21. The summed E-state index contributed by atoms with van der Waals surface area (Å²) in [5.74, 6) is 0.726. The molecule has 2 atom stereocenters. The summed E-state index contributed by atoms with van der Waals surface area (Å²) in [5.41, 5.74) is 1.01. The molecule has 1 aliphatic rings. The summed E-state index contributed by atoms with van der Waals surface area (Å²) in [5, 5.41) is 21.9. The van der Waals surface area contributed by atoms with Crippen molar-refractivity contribution in [2.24, 2.45) is 5.92 Å². The largest absolute Gasteiger partial charge is 0.504 e. The summed E-state index contributed by atoms with van der Waals surface area (Å²) in [6, 6.07) is 5.60.